The minimum Gasteiger partial charge on any atom is -0.399 e. The molecule has 0 aliphatic carbocycles. The zero-order valence-electron chi connectivity index (χ0n) is 11.9. The number of hydrogen-bond donors (Lipinski definition) is 2. The first kappa shape index (κ1) is 14.4. The van der Waals surface area contributed by atoms with Gasteiger partial charge < -0.3 is 10.8 Å². The van der Waals surface area contributed by atoms with Crippen molar-refractivity contribution in [3.8, 4) is 0 Å². The van der Waals surface area contributed by atoms with Crippen LogP contribution in [0, 0.1) is 0 Å². The predicted molar refractivity (Wildman–Crippen MR) is 79.9 cm³/mol. The van der Waals surface area contributed by atoms with E-state index in [0.717, 1.165) is 24.3 Å². The fourth-order valence-electron chi connectivity index (χ4n) is 2.99. The molecular weight excluding hydrogens is 236 g/mol. The average Bonchev–Trinajstić information content (AvgIpc) is 2.64. The first-order valence-corrected chi connectivity index (χ1v) is 7.48. The molecule has 1 aromatic rings. The van der Waals surface area contributed by atoms with Crippen molar-refractivity contribution in [1.29, 1.82) is 0 Å². The lowest BCUT2D eigenvalue weighted by atomic mass is 10.0. The molecule has 0 spiro atoms. The van der Waals surface area contributed by atoms with Gasteiger partial charge in [-0.2, -0.15) is 0 Å². The number of aliphatic hydroxyl groups is 1. The fraction of sp³-hybridized carbons (Fsp3) is 0.625. The van der Waals surface area contributed by atoms with Crippen LogP contribution in [0.25, 0.3) is 0 Å². The summed E-state index contributed by atoms with van der Waals surface area (Å²) in [6, 6.07) is 8.21. The Morgan fingerprint density at radius 3 is 2.68 bits per heavy atom. The molecule has 1 heterocycles. The number of β-amino-alcohol motifs (C(OH)–C–C–N with tert-alkyl or cyclic N) is 1. The van der Waals surface area contributed by atoms with Crippen LogP contribution in [0.15, 0.2) is 24.3 Å². The number of anilines is 1. The third-order valence-corrected chi connectivity index (χ3v) is 4.20. The zero-order chi connectivity index (χ0) is 13.7. The first-order valence-electron chi connectivity index (χ1n) is 7.48. The van der Waals surface area contributed by atoms with Gasteiger partial charge in [-0.1, -0.05) is 31.9 Å². The summed E-state index contributed by atoms with van der Waals surface area (Å²) in [4.78, 5) is 2.47. The lowest BCUT2D eigenvalue weighted by Gasteiger charge is -2.31. The highest BCUT2D eigenvalue weighted by atomic mass is 16.3. The molecule has 0 saturated carbocycles. The van der Waals surface area contributed by atoms with Gasteiger partial charge in [0.1, 0.15) is 0 Å². The van der Waals surface area contributed by atoms with Crippen LogP contribution in [0.5, 0.6) is 0 Å². The van der Waals surface area contributed by atoms with E-state index in [4.69, 9.17) is 5.73 Å². The van der Waals surface area contributed by atoms with Gasteiger partial charge in [0.25, 0.3) is 0 Å². The summed E-state index contributed by atoms with van der Waals surface area (Å²) in [5, 5.41) is 10.4. The molecule has 19 heavy (non-hydrogen) atoms. The summed E-state index contributed by atoms with van der Waals surface area (Å²) in [5.41, 5.74) is 7.40. The van der Waals surface area contributed by atoms with E-state index in [9.17, 15) is 5.11 Å². The van der Waals surface area contributed by atoms with Crippen LogP contribution in [-0.2, 0) is 0 Å². The normalized spacial score (nSPS) is 22.9. The van der Waals surface area contributed by atoms with Crippen molar-refractivity contribution < 1.29 is 5.11 Å². The standard InChI is InChI=1S/C16H26N2O/c1-2-15-6-4-3-5-11-18(15)12-16(19)13-7-9-14(17)10-8-13/h7-10,15-16,19H,2-6,11-12,17H2,1H3. The topological polar surface area (TPSA) is 49.5 Å². The quantitative estimate of drug-likeness (QED) is 0.820. The number of aliphatic hydroxyl groups excluding tert-OH is 1. The van der Waals surface area contributed by atoms with Crippen LogP contribution in [0.4, 0.5) is 5.69 Å². The minimum absolute atomic E-state index is 0.409. The molecule has 3 heteroatoms. The van der Waals surface area contributed by atoms with Gasteiger partial charge in [0, 0.05) is 18.3 Å². The summed E-state index contributed by atoms with van der Waals surface area (Å²) in [5.74, 6) is 0. The molecule has 2 atom stereocenters. The maximum atomic E-state index is 10.4. The van der Waals surface area contributed by atoms with E-state index in [0.29, 0.717) is 6.04 Å². The Labute approximate surface area is 116 Å². The van der Waals surface area contributed by atoms with E-state index in [2.05, 4.69) is 11.8 Å². The van der Waals surface area contributed by atoms with Crippen molar-refractivity contribution in [3.05, 3.63) is 29.8 Å². The Kier molecular flexibility index (Phi) is 5.23. The molecule has 1 aromatic carbocycles. The summed E-state index contributed by atoms with van der Waals surface area (Å²) >= 11 is 0. The highest BCUT2D eigenvalue weighted by molar-refractivity contribution is 5.39. The SMILES string of the molecule is CCC1CCCCCN1CC(O)c1ccc(N)cc1. The molecule has 0 aromatic heterocycles. The monoisotopic (exact) mass is 262 g/mol. The highest BCUT2D eigenvalue weighted by Crippen LogP contribution is 2.23. The number of nitrogens with zero attached hydrogens (tertiary/aromatic N) is 1. The predicted octanol–water partition coefficient (Wildman–Crippen LogP) is 2.96. The van der Waals surface area contributed by atoms with Gasteiger partial charge in [0.2, 0.25) is 0 Å². The molecule has 1 saturated heterocycles. The summed E-state index contributed by atoms with van der Waals surface area (Å²) in [6.07, 6.45) is 5.94. The van der Waals surface area contributed by atoms with Crippen LogP contribution in [0.3, 0.4) is 0 Å². The zero-order valence-corrected chi connectivity index (χ0v) is 11.9. The lowest BCUT2D eigenvalue weighted by Crippen LogP contribution is -2.37. The summed E-state index contributed by atoms with van der Waals surface area (Å²) in [6.45, 7) is 4.10. The molecule has 0 amide bonds. The summed E-state index contributed by atoms with van der Waals surface area (Å²) in [7, 11) is 0. The number of hydrogen-bond acceptors (Lipinski definition) is 3. The van der Waals surface area contributed by atoms with Gasteiger partial charge in [-0.05, 0) is 43.5 Å². The number of nitrogens with two attached hydrogens (primary N) is 1. The lowest BCUT2D eigenvalue weighted by molar-refractivity contribution is 0.0865. The van der Waals surface area contributed by atoms with Crippen LogP contribution in [0.2, 0.25) is 0 Å². The number of nitrogen functional groups attached to an aromatic ring is 1. The van der Waals surface area contributed by atoms with Gasteiger partial charge in [-0.3, -0.25) is 4.90 Å². The molecule has 106 valence electrons. The van der Waals surface area contributed by atoms with E-state index in [1.54, 1.807) is 0 Å². The average molecular weight is 262 g/mol. The third-order valence-electron chi connectivity index (χ3n) is 4.20. The van der Waals surface area contributed by atoms with Crippen LogP contribution in [-0.4, -0.2) is 29.1 Å². The van der Waals surface area contributed by atoms with Gasteiger partial charge in [-0.25, -0.2) is 0 Å². The molecule has 0 bridgehead atoms. The van der Waals surface area contributed by atoms with Crippen molar-refractivity contribution in [2.24, 2.45) is 0 Å². The molecule has 0 radical (unpaired) electrons. The van der Waals surface area contributed by atoms with E-state index in [-0.39, 0.29) is 0 Å². The Hall–Kier alpha value is -1.06. The van der Waals surface area contributed by atoms with Crippen molar-refractivity contribution in [1.82, 2.24) is 4.90 Å². The molecular formula is C16H26N2O. The van der Waals surface area contributed by atoms with Gasteiger partial charge in [-0.15, -0.1) is 0 Å². The second-order valence-corrected chi connectivity index (χ2v) is 5.59. The Balaban J connectivity index is 1.99. The molecule has 1 aliphatic rings. The van der Waals surface area contributed by atoms with Gasteiger partial charge in [0.15, 0.2) is 0 Å². The molecule has 2 rings (SSSR count). The molecule has 3 N–H and O–H groups in total. The second-order valence-electron chi connectivity index (χ2n) is 5.59. The van der Waals surface area contributed by atoms with E-state index < -0.39 is 6.10 Å². The van der Waals surface area contributed by atoms with Crippen LogP contribution >= 0.6 is 0 Å². The number of rotatable bonds is 4. The maximum absolute atomic E-state index is 10.4. The number of benzene rings is 1. The van der Waals surface area contributed by atoms with E-state index in [1.807, 2.05) is 24.3 Å². The van der Waals surface area contributed by atoms with Gasteiger partial charge >= 0.3 is 0 Å². The molecule has 1 fully saturated rings. The Morgan fingerprint density at radius 2 is 2.00 bits per heavy atom. The molecule has 1 aliphatic heterocycles. The van der Waals surface area contributed by atoms with Gasteiger partial charge in [0.05, 0.1) is 6.10 Å². The second kappa shape index (κ2) is 6.92. The molecule has 2 unspecified atom stereocenters. The minimum atomic E-state index is -0.409. The Morgan fingerprint density at radius 1 is 1.26 bits per heavy atom. The van der Waals surface area contributed by atoms with Crippen molar-refractivity contribution >= 4 is 5.69 Å². The van der Waals surface area contributed by atoms with Crippen LogP contribution < -0.4 is 5.73 Å². The van der Waals surface area contributed by atoms with Crippen molar-refractivity contribution in [3.63, 3.8) is 0 Å². The largest absolute Gasteiger partial charge is 0.399 e. The van der Waals surface area contributed by atoms with E-state index in [1.165, 1.54) is 32.1 Å². The smallest absolute Gasteiger partial charge is 0.0917 e. The summed E-state index contributed by atoms with van der Waals surface area (Å²) < 4.78 is 0. The maximum Gasteiger partial charge on any atom is 0.0917 e. The molecule has 3 nitrogen and oxygen atoms in total. The first-order chi connectivity index (χ1) is 9.20. The number of likely N-dealkylation sites (tertiary alicyclic amines) is 1. The highest BCUT2D eigenvalue weighted by Gasteiger charge is 2.22. The van der Waals surface area contributed by atoms with Crippen molar-refractivity contribution in [2.45, 2.75) is 51.2 Å². The third kappa shape index (κ3) is 3.95. The van der Waals surface area contributed by atoms with Crippen molar-refractivity contribution in [2.75, 3.05) is 18.8 Å². The Bertz CT molecular complexity index is 377. The fourth-order valence-corrected chi connectivity index (χ4v) is 2.99. The van der Waals surface area contributed by atoms with Crippen LogP contribution in [0.1, 0.15) is 50.7 Å². The van der Waals surface area contributed by atoms with E-state index >= 15 is 0 Å².